The third-order valence-corrected chi connectivity index (χ3v) is 6.39. The summed E-state index contributed by atoms with van der Waals surface area (Å²) < 4.78 is 42.1. The van der Waals surface area contributed by atoms with Gasteiger partial charge in [0, 0.05) is 19.6 Å². The number of methoxy groups -OCH3 is 1. The molecule has 0 aromatic heterocycles. The Morgan fingerprint density at radius 1 is 1.17 bits per heavy atom. The van der Waals surface area contributed by atoms with Gasteiger partial charge in [-0.1, -0.05) is 24.3 Å². The maximum absolute atomic E-state index is 12.8. The fourth-order valence-electron chi connectivity index (χ4n) is 3.05. The molecule has 158 valence electrons. The first-order valence-corrected chi connectivity index (χ1v) is 11.1. The lowest BCUT2D eigenvalue weighted by molar-refractivity contribution is 0.0321. The lowest BCUT2D eigenvalue weighted by atomic mass is 10.2. The molecule has 0 atom stereocenters. The third-order valence-electron chi connectivity index (χ3n) is 4.71. The first kappa shape index (κ1) is 21.8. The molecule has 1 heterocycles. The molecule has 7 nitrogen and oxygen atoms in total. The molecule has 1 aliphatic heterocycles. The van der Waals surface area contributed by atoms with Gasteiger partial charge in [0.05, 0.1) is 25.2 Å². The highest BCUT2D eigenvalue weighted by molar-refractivity contribution is 7.95. The van der Waals surface area contributed by atoms with Crippen LogP contribution in [0.3, 0.4) is 0 Å². The summed E-state index contributed by atoms with van der Waals surface area (Å²) in [5.74, 6) is 1.03. The zero-order valence-electron chi connectivity index (χ0n) is 16.8. The maximum atomic E-state index is 12.8. The van der Waals surface area contributed by atoms with Crippen molar-refractivity contribution in [1.82, 2.24) is 4.90 Å². The van der Waals surface area contributed by atoms with Gasteiger partial charge in [0.1, 0.15) is 17.6 Å². The molecule has 1 saturated heterocycles. The van der Waals surface area contributed by atoms with Crippen LogP contribution in [0.15, 0.2) is 58.3 Å². The Labute approximate surface area is 177 Å². The van der Waals surface area contributed by atoms with Crippen molar-refractivity contribution in [2.75, 3.05) is 46.6 Å². The number of ether oxygens (including phenoxy) is 3. The molecule has 0 unspecified atom stereocenters. The standard InChI is InChI=1S/C22H24N2O5S/c1-27-21-8-7-18(16-22(21)29-14-11-24-9-12-28-13-10-24)15-20(17-23)30(25,26)19-5-3-2-4-6-19/h2-8,15-16H,9-14H2,1H3. The highest BCUT2D eigenvalue weighted by Crippen LogP contribution is 2.30. The molecule has 0 aliphatic carbocycles. The number of allylic oxidation sites excluding steroid dienone is 1. The molecule has 30 heavy (non-hydrogen) atoms. The minimum Gasteiger partial charge on any atom is -0.493 e. The highest BCUT2D eigenvalue weighted by Gasteiger charge is 2.20. The monoisotopic (exact) mass is 428 g/mol. The third kappa shape index (κ3) is 5.39. The average Bonchev–Trinajstić information content (AvgIpc) is 2.79. The number of morpholine rings is 1. The Bertz CT molecular complexity index is 1020. The van der Waals surface area contributed by atoms with E-state index in [0.717, 1.165) is 32.8 Å². The van der Waals surface area contributed by atoms with E-state index in [4.69, 9.17) is 14.2 Å². The van der Waals surface area contributed by atoms with Gasteiger partial charge in [-0.2, -0.15) is 5.26 Å². The minimum atomic E-state index is -3.90. The van der Waals surface area contributed by atoms with Gasteiger partial charge in [-0.15, -0.1) is 0 Å². The summed E-state index contributed by atoms with van der Waals surface area (Å²) in [4.78, 5) is 1.99. The van der Waals surface area contributed by atoms with E-state index in [0.29, 0.717) is 23.7 Å². The normalized spacial score (nSPS) is 15.4. The van der Waals surface area contributed by atoms with Gasteiger partial charge in [0.15, 0.2) is 11.5 Å². The molecule has 0 bridgehead atoms. The van der Waals surface area contributed by atoms with E-state index in [1.165, 1.54) is 18.2 Å². The molecule has 1 fully saturated rings. The molecule has 0 spiro atoms. The molecule has 3 rings (SSSR count). The van der Waals surface area contributed by atoms with E-state index in [-0.39, 0.29) is 9.80 Å². The van der Waals surface area contributed by atoms with Crippen LogP contribution in [0, 0.1) is 11.3 Å². The number of rotatable bonds is 8. The second kappa shape index (κ2) is 10.3. The van der Waals surface area contributed by atoms with Gasteiger partial charge in [-0.25, -0.2) is 8.42 Å². The largest absolute Gasteiger partial charge is 0.493 e. The van der Waals surface area contributed by atoms with Gasteiger partial charge in [-0.3, -0.25) is 4.90 Å². The van der Waals surface area contributed by atoms with Crippen LogP contribution < -0.4 is 9.47 Å². The van der Waals surface area contributed by atoms with Crippen LogP contribution in [0.25, 0.3) is 6.08 Å². The first-order valence-electron chi connectivity index (χ1n) is 9.57. The summed E-state index contributed by atoms with van der Waals surface area (Å²) in [6.45, 7) is 4.38. The van der Waals surface area contributed by atoms with E-state index in [2.05, 4.69) is 4.90 Å². The van der Waals surface area contributed by atoms with Crippen LogP contribution >= 0.6 is 0 Å². The second-order valence-corrected chi connectivity index (χ2v) is 8.57. The fraction of sp³-hybridized carbons (Fsp3) is 0.318. The molecule has 0 radical (unpaired) electrons. The highest BCUT2D eigenvalue weighted by atomic mass is 32.2. The lowest BCUT2D eigenvalue weighted by Crippen LogP contribution is -2.38. The zero-order valence-corrected chi connectivity index (χ0v) is 17.6. The number of nitriles is 1. The van der Waals surface area contributed by atoms with Crippen molar-refractivity contribution in [1.29, 1.82) is 5.26 Å². The van der Waals surface area contributed by atoms with Crippen molar-refractivity contribution in [3.63, 3.8) is 0 Å². The Hall–Kier alpha value is -2.86. The number of hydrogen-bond donors (Lipinski definition) is 0. The van der Waals surface area contributed by atoms with Crippen LogP contribution in [-0.4, -0.2) is 59.9 Å². The van der Waals surface area contributed by atoms with Crippen LogP contribution in [0.5, 0.6) is 11.5 Å². The van der Waals surface area contributed by atoms with Crippen molar-refractivity contribution in [2.45, 2.75) is 4.90 Å². The quantitative estimate of drug-likeness (QED) is 0.597. The summed E-state index contributed by atoms with van der Waals surface area (Å²) in [5, 5.41) is 9.47. The Kier molecular flexibility index (Phi) is 7.46. The molecule has 0 amide bonds. The average molecular weight is 429 g/mol. The molecule has 0 saturated carbocycles. The van der Waals surface area contributed by atoms with Gasteiger partial charge in [0.2, 0.25) is 9.84 Å². The summed E-state index contributed by atoms with van der Waals surface area (Å²) in [5.41, 5.74) is 0.535. The second-order valence-electron chi connectivity index (χ2n) is 6.65. The van der Waals surface area contributed by atoms with E-state index >= 15 is 0 Å². The van der Waals surface area contributed by atoms with E-state index in [1.807, 2.05) is 0 Å². The van der Waals surface area contributed by atoms with Gasteiger partial charge >= 0.3 is 0 Å². The van der Waals surface area contributed by atoms with Crippen molar-refractivity contribution >= 4 is 15.9 Å². The van der Waals surface area contributed by atoms with E-state index < -0.39 is 9.84 Å². The van der Waals surface area contributed by atoms with Gasteiger partial charge < -0.3 is 14.2 Å². The molecule has 8 heteroatoms. The molecule has 2 aromatic rings. The fourth-order valence-corrected chi connectivity index (χ4v) is 4.23. The predicted molar refractivity (Wildman–Crippen MR) is 113 cm³/mol. The summed E-state index contributed by atoms with van der Waals surface area (Å²) in [7, 11) is -2.36. The van der Waals surface area contributed by atoms with Crippen LogP contribution in [0.4, 0.5) is 0 Å². The Morgan fingerprint density at radius 2 is 1.90 bits per heavy atom. The predicted octanol–water partition coefficient (Wildman–Crippen LogP) is 2.74. The van der Waals surface area contributed by atoms with E-state index in [1.54, 1.807) is 49.6 Å². The molecule has 1 aliphatic rings. The van der Waals surface area contributed by atoms with Crippen LogP contribution in [0.1, 0.15) is 5.56 Å². The molecule has 2 aromatic carbocycles. The smallest absolute Gasteiger partial charge is 0.216 e. The van der Waals surface area contributed by atoms with Crippen molar-refractivity contribution in [2.24, 2.45) is 0 Å². The van der Waals surface area contributed by atoms with E-state index in [9.17, 15) is 13.7 Å². The number of sulfone groups is 1. The summed E-state index contributed by atoms with van der Waals surface area (Å²) >= 11 is 0. The van der Waals surface area contributed by atoms with Crippen molar-refractivity contribution in [3.05, 3.63) is 59.0 Å². The van der Waals surface area contributed by atoms with Crippen LogP contribution in [0.2, 0.25) is 0 Å². The molecular formula is C22H24N2O5S. The lowest BCUT2D eigenvalue weighted by Gasteiger charge is -2.26. The zero-order chi connectivity index (χ0) is 21.4. The van der Waals surface area contributed by atoms with Gasteiger partial charge in [-0.05, 0) is 35.9 Å². The summed E-state index contributed by atoms with van der Waals surface area (Å²) in [6.07, 6.45) is 1.34. The van der Waals surface area contributed by atoms with Crippen molar-refractivity contribution < 1.29 is 22.6 Å². The molecule has 0 N–H and O–H groups in total. The number of benzene rings is 2. The SMILES string of the molecule is COc1ccc(C=C(C#N)S(=O)(=O)c2ccccc2)cc1OCCN1CCOCC1. The van der Waals surface area contributed by atoms with Crippen molar-refractivity contribution in [3.8, 4) is 17.6 Å². The first-order chi connectivity index (χ1) is 14.5. The maximum Gasteiger partial charge on any atom is 0.216 e. The summed E-state index contributed by atoms with van der Waals surface area (Å²) in [6, 6.07) is 14.8. The van der Waals surface area contributed by atoms with Crippen LogP contribution in [-0.2, 0) is 14.6 Å². The Balaban J connectivity index is 1.79. The number of hydrogen-bond acceptors (Lipinski definition) is 7. The minimum absolute atomic E-state index is 0.0771. The Morgan fingerprint density at radius 3 is 2.57 bits per heavy atom. The number of nitrogens with zero attached hydrogens (tertiary/aromatic N) is 2. The van der Waals surface area contributed by atoms with Gasteiger partial charge in [0.25, 0.3) is 0 Å². The topological polar surface area (TPSA) is 88.9 Å². The molecular weight excluding hydrogens is 404 g/mol.